The third kappa shape index (κ3) is 1.49. The standard InChI is InChI=1S/C13H14ClN3O/c14-9-1-2-12-11(3-9)15-8-17(12)10-4-13(16-5-10)6-18-7-13/h1-3,8,10,16H,4-7H2. The molecule has 0 bridgehead atoms. The number of aromatic nitrogens is 2. The SMILES string of the molecule is Clc1ccc2c(c1)ncn2C1CNC2(COC2)C1. The maximum atomic E-state index is 5.99. The van der Waals surface area contributed by atoms with E-state index in [2.05, 4.69) is 14.9 Å². The second-order valence-electron chi connectivity index (χ2n) is 5.30. The van der Waals surface area contributed by atoms with Crippen LogP contribution in [0.1, 0.15) is 12.5 Å². The van der Waals surface area contributed by atoms with Gasteiger partial charge < -0.3 is 14.6 Å². The summed E-state index contributed by atoms with van der Waals surface area (Å²) in [5.74, 6) is 0. The Morgan fingerprint density at radius 1 is 1.44 bits per heavy atom. The Hall–Kier alpha value is -1.10. The van der Waals surface area contributed by atoms with Crippen LogP contribution in [-0.4, -0.2) is 34.8 Å². The Kier molecular flexibility index (Phi) is 2.22. The van der Waals surface area contributed by atoms with Crippen LogP contribution in [0, 0.1) is 0 Å². The highest BCUT2D eigenvalue weighted by Crippen LogP contribution is 2.35. The van der Waals surface area contributed by atoms with Crippen molar-refractivity contribution in [1.29, 1.82) is 0 Å². The van der Waals surface area contributed by atoms with Crippen LogP contribution in [0.2, 0.25) is 5.02 Å². The van der Waals surface area contributed by atoms with Gasteiger partial charge in [-0.05, 0) is 24.6 Å². The van der Waals surface area contributed by atoms with E-state index >= 15 is 0 Å². The van der Waals surface area contributed by atoms with Crippen molar-refractivity contribution in [2.24, 2.45) is 0 Å². The van der Waals surface area contributed by atoms with Crippen LogP contribution in [0.25, 0.3) is 11.0 Å². The molecule has 2 aliphatic heterocycles. The molecule has 0 saturated carbocycles. The van der Waals surface area contributed by atoms with Gasteiger partial charge in [0.15, 0.2) is 0 Å². The van der Waals surface area contributed by atoms with Crippen molar-refractivity contribution in [1.82, 2.24) is 14.9 Å². The molecule has 2 aromatic rings. The molecular formula is C13H14ClN3O. The van der Waals surface area contributed by atoms with Gasteiger partial charge in [0.2, 0.25) is 0 Å². The number of ether oxygens (including phenoxy) is 1. The average molecular weight is 264 g/mol. The Balaban J connectivity index is 1.70. The minimum absolute atomic E-state index is 0.216. The molecule has 1 aromatic carbocycles. The Morgan fingerprint density at radius 2 is 2.33 bits per heavy atom. The molecule has 4 rings (SSSR count). The van der Waals surface area contributed by atoms with E-state index in [1.54, 1.807) is 0 Å². The predicted octanol–water partition coefficient (Wildman–Crippen LogP) is 1.99. The summed E-state index contributed by atoms with van der Waals surface area (Å²) in [4.78, 5) is 4.44. The summed E-state index contributed by atoms with van der Waals surface area (Å²) < 4.78 is 7.58. The van der Waals surface area contributed by atoms with Crippen molar-refractivity contribution in [2.75, 3.05) is 19.8 Å². The number of nitrogens with zero attached hydrogens (tertiary/aromatic N) is 2. The lowest BCUT2D eigenvalue weighted by molar-refractivity contribution is -0.0655. The molecule has 1 atom stereocenters. The van der Waals surface area contributed by atoms with E-state index in [-0.39, 0.29) is 5.54 Å². The Morgan fingerprint density at radius 3 is 3.06 bits per heavy atom. The first-order chi connectivity index (χ1) is 8.76. The number of rotatable bonds is 1. The van der Waals surface area contributed by atoms with Crippen molar-refractivity contribution in [3.8, 4) is 0 Å². The van der Waals surface area contributed by atoms with Gasteiger partial charge in [0, 0.05) is 17.6 Å². The molecule has 0 radical (unpaired) electrons. The van der Waals surface area contributed by atoms with Gasteiger partial charge in [0.05, 0.1) is 36.1 Å². The van der Waals surface area contributed by atoms with Crippen LogP contribution >= 0.6 is 11.6 Å². The quantitative estimate of drug-likeness (QED) is 0.855. The highest BCUT2D eigenvalue weighted by atomic mass is 35.5. The highest BCUT2D eigenvalue weighted by Gasteiger charge is 2.45. The fourth-order valence-electron chi connectivity index (χ4n) is 2.99. The van der Waals surface area contributed by atoms with Crippen LogP contribution in [0.5, 0.6) is 0 Å². The molecule has 18 heavy (non-hydrogen) atoms. The van der Waals surface area contributed by atoms with E-state index in [1.807, 2.05) is 24.5 Å². The molecule has 1 unspecified atom stereocenters. The van der Waals surface area contributed by atoms with Crippen molar-refractivity contribution in [3.05, 3.63) is 29.5 Å². The summed E-state index contributed by atoms with van der Waals surface area (Å²) in [6.45, 7) is 2.65. The van der Waals surface area contributed by atoms with Gasteiger partial charge in [-0.3, -0.25) is 0 Å². The molecule has 94 valence electrons. The maximum Gasteiger partial charge on any atom is 0.0961 e. The minimum Gasteiger partial charge on any atom is -0.377 e. The number of halogens is 1. The fraction of sp³-hybridized carbons (Fsp3) is 0.462. The number of nitrogens with one attached hydrogen (secondary N) is 1. The third-order valence-corrected chi connectivity index (χ3v) is 4.26. The molecule has 2 aliphatic rings. The molecule has 0 amide bonds. The van der Waals surface area contributed by atoms with E-state index in [4.69, 9.17) is 16.3 Å². The molecule has 2 fully saturated rings. The number of imidazole rings is 1. The number of benzene rings is 1. The molecule has 1 aromatic heterocycles. The maximum absolute atomic E-state index is 5.99. The lowest BCUT2D eigenvalue weighted by atomic mass is 9.94. The summed E-state index contributed by atoms with van der Waals surface area (Å²) in [6.07, 6.45) is 3.03. The first kappa shape index (κ1) is 10.8. The summed E-state index contributed by atoms with van der Waals surface area (Å²) in [5.41, 5.74) is 2.34. The van der Waals surface area contributed by atoms with E-state index in [0.29, 0.717) is 6.04 Å². The minimum atomic E-state index is 0.216. The lowest BCUT2D eigenvalue weighted by Crippen LogP contribution is -2.56. The smallest absolute Gasteiger partial charge is 0.0961 e. The molecular weight excluding hydrogens is 250 g/mol. The summed E-state index contributed by atoms with van der Waals surface area (Å²) in [5, 5.41) is 4.32. The van der Waals surface area contributed by atoms with Gasteiger partial charge in [0.25, 0.3) is 0 Å². The van der Waals surface area contributed by atoms with E-state index in [0.717, 1.165) is 42.2 Å². The number of fused-ring (bicyclic) bond motifs is 1. The van der Waals surface area contributed by atoms with Crippen LogP contribution in [-0.2, 0) is 4.74 Å². The van der Waals surface area contributed by atoms with Crippen LogP contribution in [0.4, 0.5) is 0 Å². The van der Waals surface area contributed by atoms with Crippen molar-refractivity contribution < 1.29 is 4.74 Å². The third-order valence-electron chi connectivity index (χ3n) is 4.03. The van der Waals surface area contributed by atoms with Gasteiger partial charge >= 0.3 is 0 Å². The summed E-state index contributed by atoms with van der Waals surface area (Å²) in [6, 6.07) is 6.34. The van der Waals surface area contributed by atoms with Crippen molar-refractivity contribution in [2.45, 2.75) is 18.0 Å². The first-order valence-electron chi connectivity index (χ1n) is 6.21. The Labute approximate surface area is 110 Å². The predicted molar refractivity (Wildman–Crippen MR) is 69.9 cm³/mol. The molecule has 0 aliphatic carbocycles. The zero-order valence-electron chi connectivity index (χ0n) is 9.90. The molecule has 5 heteroatoms. The van der Waals surface area contributed by atoms with E-state index in [1.165, 1.54) is 0 Å². The van der Waals surface area contributed by atoms with Gasteiger partial charge in [0.1, 0.15) is 0 Å². The molecule has 1 spiro atoms. The normalized spacial score (nSPS) is 25.7. The van der Waals surface area contributed by atoms with Crippen LogP contribution < -0.4 is 5.32 Å². The van der Waals surface area contributed by atoms with Crippen molar-refractivity contribution in [3.63, 3.8) is 0 Å². The van der Waals surface area contributed by atoms with Gasteiger partial charge in [-0.2, -0.15) is 0 Å². The molecule has 3 heterocycles. The molecule has 4 nitrogen and oxygen atoms in total. The van der Waals surface area contributed by atoms with Gasteiger partial charge in [-0.15, -0.1) is 0 Å². The lowest BCUT2D eigenvalue weighted by Gasteiger charge is -2.38. The zero-order chi connectivity index (χ0) is 12.2. The monoisotopic (exact) mass is 263 g/mol. The highest BCUT2D eigenvalue weighted by molar-refractivity contribution is 6.31. The molecule has 2 saturated heterocycles. The van der Waals surface area contributed by atoms with E-state index < -0.39 is 0 Å². The molecule has 1 N–H and O–H groups in total. The second kappa shape index (κ2) is 3.70. The largest absolute Gasteiger partial charge is 0.377 e. The second-order valence-corrected chi connectivity index (χ2v) is 5.73. The first-order valence-corrected chi connectivity index (χ1v) is 6.58. The Bertz CT molecular complexity index is 605. The van der Waals surface area contributed by atoms with Gasteiger partial charge in [-0.1, -0.05) is 11.6 Å². The average Bonchev–Trinajstić information content (AvgIpc) is 2.90. The van der Waals surface area contributed by atoms with E-state index in [9.17, 15) is 0 Å². The van der Waals surface area contributed by atoms with Crippen LogP contribution in [0.15, 0.2) is 24.5 Å². The van der Waals surface area contributed by atoms with Gasteiger partial charge in [-0.25, -0.2) is 4.98 Å². The fourth-order valence-corrected chi connectivity index (χ4v) is 3.16. The summed E-state index contributed by atoms with van der Waals surface area (Å²) in [7, 11) is 0. The number of hydrogen-bond donors (Lipinski definition) is 1. The number of hydrogen-bond acceptors (Lipinski definition) is 3. The van der Waals surface area contributed by atoms with Crippen LogP contribution in [0.3, 0.4) is 0 Å². The summed E-state index contributed by atoms with van der Waals surface area (Å²) >= 11 is 5.99. The topological polar surface area (TPSA) is 39.1 Å². The van der Waals surface area contributed by atoms with Crippen molar-refractivity contribution >= 4 is 22.6 Å². The zero-order valence-corrected chi connectivity index (χ0v) is 10.7.